The Morgan fingerprint density at radius 3 is 2.61 bits per heavy atom. The van der Waals surface area contributed by atoms with E-state index in [9.17, 15) is 13.2 Å². The van der Waals surface area contributed by atoms with Crippen LogP contribution in [-0.2, 0) is 6.54 Å². The van der Waals surface area contributed by atoms with Crippen LogP contribution < -0.4 is 15.0 Å². The summed E-state index contributed by atoms with van der Waals surface area (Å²) in [6.45, 7) is 1.84. The molecule has 1 saturated heterocycles. The largest absolute Gasteiger partial charge is 0.424 e. The summed E-state index contributed by atoms with van der Waals surface area (Å²) in [4.78, 5) is 10.6. The zero-order valence-electron chi connectivity index (χ0n) is 17.6. The summed E-state index contributed by atoms with van der Waals surface area (Å²) in [6.07, 6.45) is -2.54. The molecule has 9 nitrogen and oxygen atoms in total. The van der Waals surface area contributed by atoms with Gasteiger partial charge in [0.25, 0.3) is 0 Å². The van der Waals surface area contributed by atoms with Gasteiger partial charge in [-0.05, 0) is 49.8 Å². The topological polar surface area (TPSA) is 94.1 Å². The number of nitrogens with zero attached hydrogens (tertiary/aromatic N) is 6. The minimum atomic E-state index is -4.48. The molecule has 3 atom stereocenters. The van der Waals surface area contributed by atoms with Crippen molar-refractivity contribution in [2.45, 2.75) is 38.5 Å². The normalized spacial score (nSPS) is 22.6. The molecule has 1 N–H and O–H groups in total. The molecule has 2 bridgehead atoms. The van der Waals surface area contributed by atoms with Crippen LogP contribution in [0.4, 0.5) is 25.1 Å². The number of rotatable bonds is 6. The van der Waals surface area contributed by atoms with Crippen LogP contribution in [0.15, 0.2) is 28.8 Å². The SMILES string of the molecule is Cc1noc(N2C[C@H]3CC[C@@H](C2)[C@@H]3Nc2nc(Oc3cccc(Cl)c3)n(CC(F)(F)F)n2)n1. The number of alkyl halides is 3. The van der Waals surface area contributed by atoms with Crippen molar-refractivity contribution in [2.75, 3.05) is 23.3 Å². The van der Waals surface area contributed by atoms with Crippen molar-refractivity contribution in [3.8, 4) is 11.8 Å². The Labute approximate surface area is 191 Å². The Balaban J connectivity index is 1.34. The monoisotopic (exact) mass is 483 g/mol. The third-order valence-corrected chi connectivity index (χ3v) is 6.12. The molecule has 3 heterocycles. The molecule has 13 heteroatoms. The number of benzene rings is 1. The molecule has 0 unspecified atom stereocenters. The predicted molar refractivity (Wildman–Crippen MR) is 112 cm³/mol. The van der Waals surface area contributed by atoms with Gasteiger partial charge >= 0.3 is 18.2 Å². The van der Waals surface area contributed by atoms with Crippen molar-refractivity contribution in [1.29, 1.82) is 0 Å². The zero-order chi connectivity index (χ0) is 23.2. The number of aromatic nitrogens is 5. The van der Waals surface area contributed by atoms with Gasteiger partial charge in [-0.25, -0.2) is 4.68 Å². The number of halogens is 4. The van der Waals surface area contributed by atoms with E-state index < -0.39 is 12.7 Å². The lowest BCUT2D eigenvalue weighted by Crippen LogP contribution is -2.48. The van der Waals surface area contributed by atoms with Crippen LogP contribution in [0.3, 0.4) is 0 Å². The molecule has 3 aromatic rings. The third kappa shape index (κ3) is 4.85. The Morgan fingerprint density at radius 2 is 1.97 bits per heavy atom. The van der Waals surface area contributed by atoms with Gasteiger partial charge < -0.3 is 19.5 Å². The van der Waals surface area contributed by atoms with E-state index in [-0.39, 0.29) is 35.6 Å². The summed E-state index contributed by atoms with van der Waals surface area (Å²) in [5.41, 5.74) is 0. The quantitative estimate of drug-likeness (QED) is 0.554. The number of hydrogen-bond donors (Lipinski definition) is 1. The smallest absolute Gasteiger partial charge is 0.408 e. The molecule has 2 aliphatic rings. The maximum atomic E-state index is 13.1. The number of hydrogen-bond acceptors (Lipinski definition) is 8. The molecule has 5 rings (SSSR count). The van der Waals surface area contributed by atoms with Crippen molar-refractivity contribution in [1.82, 2.24) is 24.9 Å². The molecule has 33 heavy (non-hydrogen) atoms. The predicted octanol–water partition coefficient (Wildman–Crippen LogP) is 4.30. The highest BCUT2D eigenvalue weighted by molar-refractivity contribution is 6.30. The summed E-state index contributed by atoms with van der Waals surface area (Å²) in [5.74, 6) is 1.42. The lowest BCUT2D eigenvalue weighted by Gasteiger charge is -2.37. The van der Waals surface area contributed by atoms with Crippen LogP contribution in [0.1, 0.15) is 18.7 Å². The van der Waals surface area contributed by atoms with Gasteiger partial charge in [-0.15, -0.1) is 5.10 Å². The van der Waals surface area contributed by atoms with Crippen LogP contribution in [0.2, 0.25) is 5.02 Å². The first kappa shape index (κ1) is 21.8. The molecule has 2 fully saturated rings. The van der Waals surface area contributed by atoms with Gasteiger partial charge in [0.1, 0.15) is 12.3 Å². The van der Waals surface area contributed by atoms with Gasteiger partial charge in [-0.2, -0.15) is 23.1 Å². The van der Waals surface area contributed by atoms with Gasteiger partial charge in [0.05, 0.1) is 0 Å². The fourth-order valence-corrected chi connectivity index (χ4v) is 4.73. The van der Waals surface area contributed by atoms with Crippen LogP contribution >= 0.6 is 11.6 Å². The first-order chi connectivity index (χ1) is 15.7. The van der Waals surface area contributed by atoms with E-state index in [1.165, 1.54) is 6.07 Å². The highest BCUT2D eigenvalue weighted by Crippen LogP contribution is 2.40. The summed E-state index contributed by atoms with van der Waals surface area (Å²) in [6, 6.07) is 6.61. The van der Waals surface area contributed by atoms with Crippen LogP contribution in [0, 0.1) is 18.8 Å². The summed E-state index contributed by atoms with van der Waals surface area (Å²) in [5, 5.41) is 11.5. The second kappa shape index (κ2) is 8.40. The molecular weight excluding hydrogens is 463 g/mol. The number of fused-ring (bicyclic) bond motifs is 2. The molecule has 0 spiro atoms. The van der Waals surface area contributed by atoms with E-state index in [1.54, 1.807) is 25.1 Å². The van der Waals surface area contributed by atoms with E-state index >= 15 is 0 Å². The average Bonchev–Trinajstić information content (AvgIpc) is 3.37. The van der Waals surface area contributed by atoms with Crippen molar-refractivity contribution in [2.24, 2.45) is 11.8 Å². The minimum absolute atomic E-state index is 0.0195. The Hall–Kier alpha value is -3.02. The number of nitrogens with one attached hydrogen (secondary N) is 1. The number of anilines is 2. The molecule has 2 aromatic heterocycles. The molecule has 1 saturated carbocycles. The fourth-order valence-electron chi connectivity index (χ4n) is 4.55. The molecule has 1 aromatic carbocycles. The summed E-state index contributed by atoms with van der Waals surface area (Å²) in [7, 11) is 0. The van der Waals surface area contributed by atoms with E-state index in [2.05, 4.69) is 30.4 Å². The highest BCUT2D eigenvalue weighted by Gasteiger charge is 2.44. The standard InChI is InChI=1S/C20H21ClF3N7O2/c1-11-25-18(33-29-11)30-8-12-5-6-13(9-30)16(12)26-17-27-19(31(28-17)10-20(22,23)24)32-15-4-2-3-14(21)7-15/h2-4,7,12-13,16H,5-6,8-10H2,1H3,(H,26,28)/t12-,13+,16-. The molecule has 0 amide bonds. The first-order valence-corrected chi connectivity index (χ1v) is 10.9. The van der Waals surface area contributed by atoms with Crippen molar-refractivity contribution >= 4 is 23.6 Å². The zero-order valence-corrected chi connectivity index (χ0v) is 18.3. The second-order valence-electron chi connectivity index (χ2n) is 8.35. The molecular formula is C20H21ClF3N7O2. The van der Waals surface area contributed by atoms with Crippen LogP contribution in [0.25, 0.3) is 0 Å². The van der Waals surface area contributed by atoms with Gasteiger partial charge in [0.2, 0.25) is 5.95 Å². The minimum Gasteiger partial charge on any atom is -0.424 e. The van der Waals surface area contributed by atoms with Crippen molar-refractivity contribution in [3.63, 3.8) is 0 Å². The molecule has 176 valence electrons. The van der Waals surface area contributed by atoms with Gasteiger partial charge in [-0.3, -0.25) is 0 Å². The van der Waals surface area contributed by atoms with Crippen LogP contribution in [0.5, 0.6) is 11.8 Å². The summed E-state index contributed by atoms with van der Waals surface area (Å²) >= 11 is 5.95. The van der Waals surface area contributed by atoms with Crippen LogP contribution in [-0.4, -0.2) is 50.2 Å². The first-order valence-electron chi connectivity index (χ1n) is 10.5. The molecule has 0 radical (unpaired) electrons. The summed E-state index contributed by atoms with van der Waals surface area (Å²) < 4.78 is 51.0. The van der Waals surface area contributed by atoms with Crippen molar-refractivity contribution in [3.05, 3.63) is 35.1 Å². The lowest BCUT2D eigenvalue weighted by atomic mass is 9.92. The van der Waals surface area contributed by atoms with Gasteiger partial charge in [0.15, 0.2) is 5.82 Å². The molecule has 1 aliphatic carbocycles. The number of aryl methyl sites for hydroxylation is 1. The Bertz CT molecular complexity index is 1120. The van der Waals surface area contributed by atoms with Gasteiger partial charge in [-0.1, -0.05) is 22.8 Å². The van der Waals surface area contributed by atoms with E-state index in [0.29, 0.717) is 34.6 Å². The third-order valence-electron chi connectivity index (χ3n) is 5.89. The maximum absolute atomic E-state index is 13.1. The lowest BCUT2D eigenvalue weighted by molar-refractivity contribution is -0.143. The Morgan fingerprint density at radius 1 is 1.21 bits per heavy atom. The number of ether oxygens (including phenoxy) is 1. The highest BCUT2D eigenvalue weighted by atomic mass is 35.5. The fraction of sp³-hybridized carbons (Fsp3) is 0.500. The van der Waals surface area contributed by atoms with E-state index in [1.807, 2.05) is 0 Å². The van der Waals surface area contributed by atoms with Gasteiger partial charge in [0, 0.05) is 24.2 Å². The Kier molecular flexibility index (Phi) is 5.55. The van der Waals surface area contributed by atoms with E-state index in [4.69, 9.17) is 20.9 Å². The molecule has 1 aliphatic heterocycles. The maximum Gasteiger partial charge on any atom is 0.408 e. The van der Waals surface area contributed by atoms with E-state index in [0.717, 1.165) is 12.8 Å². The number of piperidine rings is 1. The average molecular weight is 484 g/mol. The second-order valence-corrected chi connectivity index (χ2v) is 8.78. The van der Waals surface area contributed by atoms with Crippen molar-refractivity contribution < 1.29 is 22.4 Å².